The highest BCUT2D eigenvalue weighted by Crippen LogP contribution is 2.24. The summed E-state index contributed by atoms with van der Waals surface area (Å²) in [6.07, 6.45) is -3.75. The van der Waals surface area contributed by atoms with Gasteiger partial charge in [-0.25, -0.2) is 4.98 Å². The van der Waals surface area contributed by atoms with Gasteiger partial charge in [0, 0.05) is 24.4 Å². The van der Waals surface area contributed by atoms with E-state index in [0.717, 1.165) is 12.1 Å². The minimum atomic E-state index is -4.79. The maximum atomic E-state index is 12.6. The number of piperidine rings is 1. The van der Waals surface area contributed by atoms with E-state index in [2.05, 4.69) is 15.0 Å². The maximum absolute atomic E-state index is 12.6. The molecule has 0 atom stereocenters. The van der Waals surface area contributed by atoms with E-state index in [-0.39, 0.29) is 42.3 Å². The first-order chi connectivity index (χ1) is 15.6. The van der Waals surface area contributed by atoms with Gasteiger partial charge in [-0.1, -0.05) is 0 Å². The number of hydrogen-bond donors (Lipinski definition) is 2. The molecule has 0 radical (unpaired) electrons. The monoisotopic (exact) mass is 486 g/mol. The molecule has 1 aromatic carbocycles. The zero-order valence-electron chi connectivity index (χ0n) is 17.3. The Labute approximate surface area is 190 Å². The molecule has 0 spiro atoms. The predicted molar refractivity (Wildman–Crippen MR) is 110 cm³/mol. The number of amides is 3. The summed E-state index contributed by atoms with van der Waals surface area (Å²) in [5.74, 6) is -1.49. The van der Waals surface area contributed by atoms with Gasteiger partial charge in [0.1, 0.15) is 22.2 Å². The lowest BCUT2D eigenvalue weighted by molar-refractivity contribution is -0.274. The molecule has 1 aliphatic heterocycles. The van der Waals surface area contributed by atoms with Crippen molar-refractivity contribution >= 4 is 29.1 Å². The Morgan fingerprint density at radius 2 is 1.79 bits per heavy atom. The van der Waals surface area contributed by atoms with Crippen LogP contribution in [0.4, 0.5) is 13.2 Å². The molecule has 3 amide bonds. The van der Waals surface area contributed by atoms with Crippen LogP contribution in [0.1, 0.15) is 28.3 Å². The van der Waals surface area contributed by atoms with Crippen LogP contribution >= 0.6 is 11.3 Å². The van der Waals surface area contributed by atoms with Gasteiger partial charge in [-0.2, -0.15) is 0 Å². The number of alkyl halides is 3. The minimum absolute atomic E-state index is 0.0856. The Kier molecular flexibility index (Phi) is 7.74. The molecule has 0 aliphatic carbocycles. The third-order valence-corrected chi connectivity index (χ3v) is 5.67. The number of likely N-dealkylation sites (tertiary alicyclic amines) is 1. The Balaban J connectivity index is 1.41. The van der Waals surface area contributed by atoms with Gasteiger partial charge in [-0.3, -0.25) is 14.4 Å². The molecule has 0 bridgehead atoms. The lowest BCUT2D eigenvalue weighted by Gasteiger charge is -2.30. The summed E-state index contributed by atoms with van der Waals surface area (Å²) in [4.78, 5) is 41.6. The zero-order chi connectivity index (χ0) is 24.0. The van der Waals surface area contributed by atoms with Crippen LogP contribution in [0.15, 0.2) is 29.6 Å². The number of halogens is 3. The molecule has 1 aromatic heterocycles. The van der Waals surface area contributed by atoms with Gasteiger partial charge in [0.15, 0.2) is 6.61 Å². The first-order valence-electron chi connectivity index (χ1n) is 9.89. The summed E-state index contributed by atoms with van der Waals surface area (Å²) in [5.41, 5.74) is 5.57. The van der Waals surface area contributed by atoms with Crippen molar-refractivity contribution in [3.63, 3.8) is 0 Å². The second-order valence-corrected chi connectivity index (χ2v) is 8.12. The van der Waals surface area contributed by atoms with Crippen molar-refractivity contribution < 1.29 is 37.0 Å². The Hall–Kier alpha value is -3.35. The highest BCUT2D eigenvalue weighted by molar-refractivity contribution is 7.09. The van der Waals surface area contributed by atoms with Crippen LogP contribution in [-0.4, -0.2) is 53.7 Å². The highest BCUT2D eigenvalue weighted by atomic mass is 32.1. The first kappa shape index (κ1) is 24.3. The standard InChI is InChI=1S/C20H21F3N4O5S/c21-20(22,23)32-14-3-1-13(2-4-14)31-10-16(28)25-9-17-26-15(11-33-17)19(30)27-7-5-12(6-8-27)18(24)29/h1-4,11-12H,5-10H2,(H2,24,29)(H,25,28). The SMILES string of the molecule is NC(=O)C1CCN(C(=O)c2csc(CNC(=O)COc3ccc(OC(F)(F)F)cc3)n2)CC1. The quantitative estimate of drug-likeness (QED) is 0.589. The van der Waals surface area contributed by atoms with Crippen molar-refractivity contribution in [3.05, 3.63) is 40.3 Å². The fourth-order valence-corrected chi connectivity index (χ4v) is 3.84. The number of thiazole rings is 1. The van der Waals surface area contributed by atoms with Crippen molar-refractivity contribution in [1.29, 1.82) is 0 Å². The number of nitrogens with two attached hydrogens (primary N) is 1. The molecular weight excluding hydrogens is 465 g/mol. The van der Waals surface area contributed by atoms with Crippen molar-refractivity contribution in [1.82, 2.24) is 15.2 Å². The number of nitrogens with zero attached hydrogens (tertiary/aromatic N) is 2. The number of aromatic nitrogens is 1. The zero-order valence-corrected chi connectivity index (χ0v) is 18.1. The van der Waals surface area contributed by atoms with E-state index in [1.807, 2.05) is 0 Å². The molecule has 13 heteroatoms. The normalized spacial score (nSPS) is 14.6. The smallest absolute Gasteiger partial charge is 0.484 e. The molecule has 3 rings (SSSR count). The molecule has 1 aliphatic rings. The summed E-state index contributed by atoms with van der Waals surface area (Å²) in [5, 5.41) is 4.72. The summed E-state index contributed by atoms with van der Waals surface area (Å²) in [7, 11) is 0. The van der Waals surface area contributed by atoms with Crippen molar-refractivity contribution in [3.8, 4) is 11.5 Å². The Morgan fingerprint density at radius 3 is 2.39 bits per heavy atom. The van der Waals surface area contributed by atoms with Crippen LogP contribution in [0.5, 0.6) is 11.5 Å². The van der Waals surface area contributed by atoms with E-state index >= 15 is 0 Å². The van der Waals surface area contributed by atoms with Gasteiger partial charge in [-0.15, -0.1) is 24.5 Å². The highest BCUT2D eigenvalue weighted by Gasteiger charge is 2.31. The summed E-state index contributed by atoms with van der Waals surface area (Å²) < 4.78 is 45.4. The molecule has 1 fully saturated rings. The van der Waals surface area contributed by atoms with Crippen LogP contribution in [-0.2, 0) is 16.1 Å². The Morgan fingerprint density at radius 1 is 1.15 bits per heavy atom. The summed E-state index contributed by atoms with van der Waals surface area (Å²) in [6.45, 7) is 0.584. The van der Waals surface area contributed by atoms with E-state index in [4.69, 9.17) is 10.5 Å². The van der Waals surface area contributed by atoms with Gasteiger partial charge in [0.2, 0.25) is 5.91 Å². The van der Waals surface area contributed by atoms with Gasteiger partial charge < -0.3 is 25.4 Å². The number of benzene rings is 1. The Bertz CT molecular complexity index is 988. The lowest BCUT2D eigenvalue weighted by Crippen LogP contribution is -2.41. The van der Waals surface area contributed by atoms with E-state index in [0.29, 0.717) is 30.9 Å². The van der Waals surface area contributed by atoms with Crippen LogP contribution in [0, 0.1) is 5.92 Å². The average Bonchev–Trinajstić information content (AvgIpc) is 3.25. The third-order valence-electron chi connectivity index (χ3n) is 4.82. The number of nitrogens with one attached hydrogen (secondary N) is 1. The topological polar surface area (TPSA) is 124 Å². The van der Waals surface area contributed by atoms with Gasteiger partial charge in [0.25, 0.3) is 11.8 Å². The van der Waals surface area contributed by atoms with Crippen molar-refractivity contribution in [2.75, 3.05) is 19.7 Å². The van der Waals surface area contributed by atoms with Crippen LogP contribution in [0.3, 0.4) is 0 Å². The lowest BCUT2D eigenvalue weighted by atomic mass is 9.96. The van der Waals surface area contributed by atoms with Crippen LogP contribution < -0.4 is 20.5 Å². The molecule has 2 aromatic rings. The summed E-state index contributed by atoms with van der Waals surface area (Å²) in [6, 6.07) is 4.65. The van der Waals surface area contributed by atoms with Gasteiger partial charge >= 0.3 is 6.36 Å². The van der Waals surface area contributed by atoms with Crippen LogP contribution in [0.25, 0.3) is 0 Å². The van der Waals surface area contributed by atoms with Gasteiger partial charge in [-0.05, 0) is 37.1 Å². The maximum Gasteiger partial charge on any atom is 0.573 e. The molecule has 2 heterocycles. The average molecular weight is 486 g/mol. The molecule has 3 N–H and O–H groups in total. The number of rotatable bonds is 8. The third kappa shape index (κ3) is 7.34. The molecular formula is C20H21F3N4O5S. The largest absolute Gasteiger partial charge is 0.573 e. The molecule has 1 saturated heterocycles. The number of primary amides is 1. The molecule has 0 unspecified atom stereocenters. The van der Waals surface area contributed by atoms with Crippen molar-refractivity contribution in [2.45, 2.75) is 25.7 Å². The van der Waals surface area contributed by atoms with E-state index in [9.17, 15) is 27.6 Å². The second kappa shape index (κ2) is 10.5. The second-order valence-electron chi connectivity index (χ2n) is 7.18. The van der Waals surface area contributed by atoms with E-state index < -0.39 is 18.0 Å². The first-order valence-corrected chi connectivity index (χ1v) is 10.8. The van der Waals surface area contributed by atoms with Gasteiger partial charge in [0.05, 0.1) is 6.54 Å². The fourth-order valence-electron chi connectivity index (χ4n) is 3.13. The summed E-state index contributed by atoms with van der Waals surface area (Å²) >= 11 is 1.22. The van der Waals surface area contributed by atoms with E-state index in [1.165, 1.54) is 23.5 Å². The fraction of sp³-hybridized carbons (Fsp3) is 0.400. The number of hydrogen-bond acceptors (Lipinski definition) is 7. The molecule has 0 saturated carbocycles. The number of ether oxygens (including phenoxy) is 2. The predicted octanol–water partition coefficient (Wildman–Crippen LogP) is 2.07. The molecule has 178 valence electrons. The van der Waals surface area contributed by atoms with E-state index in [1.54, 1.807) is 10.3 Å². The minimum Gasteiger partial charge on any atom is -0.484 e. The molecule has 33 heavy (non-hydrogen) atoms. The molecule has 9 nitrogen and oxygen atoms in total. The van der Waals surface area contributed by atoms with Crippen molar-refractivity contribution in [2.24, 2.45) is 11.7 Å². The van der Waals surface area contributed by atoms with Crippen LogP contribution in [0.2, 0.25) is 0 Å². The number of carbonyl (C=O) groups is 3. The number of carbonyl (C=O) groups excluding carboxylic acids is 3.